The zero-order valence-corrected chi connectivity index (χ0v) is 15.9. The zero-order chi connectivity index (χ0) is 18.7. The zero-order valence-electron chi connectivity index (χ0n) is 14.3. The summed E-state index contributed by atoms with van der Waals surface area (Å²) in [6.07, 6.45) is 1.46. The van der Waals surface area contributed by atoms with Gasteiger partial charge in [0.25, 0.3) is 5.91 Å². The number of aromatic hydroxyl groups is 1. The molecule has 0 atom stereocenters. The molecule has 0 unspecified atom stereocenters. The molecule has 2 N–H and O–H groups in total. The van der Waals surface area contributed by atoms with E-state index < -0.39 is 0 Å². The fourth-order valence-corrected chi connectivity index (χ4v) is 3.16. The van der Waals surface area contributed by atoms with Crippen LogP contribution in [-0.2, 0) is 0 Å². The summed E-state index contributed by atoms with van der Waals surface area (Å²) in [5.41, 5.74) is 4.63. The van der Waals surface area contributed by atoms with Crippen molar-refractivity contribution >= 4 is 38.8 Å². The molecule has 0 spiro atoms. The van der Waals surface area contributed by atoms with Gasteiger partial charge in [0.1, 0.15) is 0 Å². The Balaban J connectivity index is 1.85. The van der Waals surface area contributed by atoms with Gasteiger partial charge >= 0.3 is 0 Å². The smallest absolute Gasteiger partial charge is 0.272 e. The third kappa shape index (κ3) is 3.41. The molecule has 6 heteroatoms. The number of halogens is 1. The van der Waals surface area contributed by atoms with Crippen molar-refractivity contribution in [1.82, 2.24) is 5.43 Å². The Morgan fingerprint density at radius 3 is 2.73 bits per heavy atom. The normalized spacial score (nSPS) is 11.0. The highest BCUT2D eigenvalue weighted by atomic mass is 79.9. The van der Waals surface area contributed by atoms with Crippen LogP contribution in [0.25, 0.3) is 10.8 Å². The standard InChI is InChI=1S/C20H17BrN2O3/c1-12-7-8-13-5-3-4-6-15(13)17(12)20(25)23-22-11-14-9-10-16(26-2)19(24)18(14)21/h3-11,24H,1-2H3,(H,23,25)/b22-11-. The maximum Gasteiger partial charge on any atom is 0.272 e. The highest BCUT2D eigenvalue weighted by molar-refractivity contribution is 9.10. The summed E-state index contributed by atoms with van der Waals surface area (Å²) >= 11 is 3.29. The molecule has 0 heterocycles. The van der Waals surface area contributed by atoms with E-state index in [1.807, 2.05) is 43.3 Å². The SMILES string of the molecule is COc1ccc(/C=N\NC(=O)c2c(C)ccc3ccccc23)c(Br)c1O. The highest BCUT2D eigenvalue weighted by Crippen LogP contribution is 2.35. The average molecular weight is 413 g/mol. The minimum Gasteiger partial charge on any atom is -0.503 e. The first-order valence-electron chi connectivity index (χ1n) is 7.90. The molecule has 1 amide bonds. The lowest BCUT2D eigenvalue weighted by Crippen LogP contribution is -2.19. The summed E-state index contributed by atoms with van der Waals surface area (Å²) in [5, 5.41) is 15.9. The van der Waals surface area contributed by atoms with E-state index in [1.54, 1.807) is 12.1 Å². The third-order valence-electron chi connectivity index (χ3n) is 4.06. The number of carbonyl (C=O) groups is 1. The van der Waals surface area contributed by atoms with Crippen molar-refractivity contribution in [3.05, 3.63) is 69.7 Å². The van der Waals surface area contributed by atoms with Crippen LogP contribution < -0.4 is 10.2 Å². The Kier molecular flexibility index (Phi) is 5.23. The molecule has 5 nitrogen and oxygen atoms in total. The van der Waals surface area contributed by atoms with Crippen molar-refractivity contribution < 1.29 is 14.6 Å². The molecule has 0 aliphatic rings. The van der Waals surface area contributed by atoms with Gasteiger partial charge in [-0.3, -0.25) is 4.79 Å². The molecule has 132 valence electrons. The van der Waals surface area contributed by atoms with Crippen LogP contribution in [0.15, 0.2) is 58.1 Å². The maximum atomic E-state index is 12.6. The minimum atomic E-state index is -0.288. The van der Waals surface area contributed by atoms with E-state index in [9.17, 15) is 9.90 Å². The monoisotopic (exact) mass is 412 g/mol. The molecule has 26 heavy (non-hydrogen) atoms. The van der Waals surface area contributed by atoms with Crippen LogP contribution in [0, 0.1) is 6.92 Å². The minimum absolute atomic E-state index is 0.0207. The number of methoxy groups -OCH3 is 1. The summed E-state index contributed by atoms with van der Waals surface area (Å²) in [6, 6.07) is 15.0. The van der Waals surface area contributed by atoms with E-state index in [4.69, 9.17) is 4.74 Å². The quantitative estimate of drug-likeness (QED) is 0.493. The van der Waals surface area contributed by atoms with E-state index in [0.717, 1.165) is 16.3 Å². The van der Waals surface area contributed by atoms with Crippen molar-refractivity contribution in [2.75, 3.05) is 7.11 Å². The summed E-state index contributed by atoms with van der Waals surface area (Å²) in [6.45, 7) is 1.89. The predicted octanol–water partition coefficient (Wildman–Crippen LogP) is 4.39. The summed E-state index contributed by atoms with van der Waals surface area (Å²) in [5.74, 6) is 0.0431. The van der Waals surface area contributed by atoms with Crippen LogP contribution in [0.3, 0.4) is 0 Å². The topological polar surface area (TPSA) is 70.9 Å². The first-order chi connectivity index (χ1) is 12.5. The molecule has 3 aromatic rings. The van der Waals surface area contributed by atoms with Crippen LogP contribution in [0.4, 0.5) is 0 Å². The fourth-order valence-electron chi connectivity index (χ4n) is 2.73. The number of hydrazone groups is 1. The number of ether oxygens (including phenoxy) is 1. The molecule has 0 aliphatic heterocycles. The first kappa shape index (κ1) is 17.9. The Morgan fingerprint density at radius 2 is 1.96 bits per heavy atom. The van der Waals surface area contributed by atoms with E-state index in [2.05, 4.69) is 26.5 Å². The van der Waals surface area contributed by atoms with Gasteiger partial charge in [0.15, 0.2) is 11.5 Å². The molecule has 0 aromatic heterocycles. The van der Waals surface area contributed by atoms with Gasteiger partial charge in [0.05, 0.1) is 23.4 Å². The van der Waals surface area contributed by atoms with Gasteiger partial charge in [-0.05, 0) is 51.3 Å². The maximum absolute atomic E-state index is 12.6. The van der Waals surface area contributed by atoms with Crippen molar-refractivity contribution in [3.8, 4) is 11.5 Å². The van der Waals surface area contributed by atoms with Crippen LogP contribution >= 0.6 is 15.9 Å². The highest BCUT2D eigenvalue weighted by Gasteiger charge is 2.13. The number of phenols is 1. The van der Waals surface area contributed by atoms with Crippen molar-refractivity contribution in [3.63, 3.8) is 0 Å². The largest absolute Gasteiger partial charge is 0.503 e. The van der Waals surface area contributed by atoms with Crippen LogP contribution in [0.1, 0.15) is 21.5 Å². The molecule has 3 aromatic carbocycles. The molecule has 0 radical (unpaired) electrons. The second-order valence-corrected chi connectivity index (χ2v) is 6.49. The predicted molar refractivity (Wildman–Crippen MR) is 106 cm³/mol. The lowest BCUT2D eigenvalue weighted by atomic mass is 9.99. The number of carbonyl (C=O) groups excluding carboxylic acids is 1. The van der Waals surface area contributed by atoms with Crippen LogP contribution in [0.5, 0.6) is 11.5 Å². The number of rotatable bonds is 4. The Labute approximate surface area is 159 Å². The third-order valence-corrected chi connectivity index (χ3v) is 4.90. The first-order valence-corrected chi connectivity index (χ1v) is 8.69. The van der Waals surface area contributed by atoms with Crippen LogP contribution in [-0.4, -0.2) is 24.3 Å². The van der Waals surface area contributed by atoms with E-state index in [0.29, 0.717) is 21.3 Å². The Hall–Kier alpha value is -2.86. The second kappa shape index (κ2) is 7.58. The molecule has 0 aliphatic carbocycles. The summed E-state index contributed by atoms with van der Waals surface area (Å²) in [4.78, 5) is 12.6. The lowest BCUT2D eigenvalue weighted by molar-refractivity contribution is 0.0956. The molecule has 0 saturated carbocycles. The second-order valence-electron chi connectivity index (χ2n) is 5.70. The Bertz CT molecular complexity index is 1020. The van der Waals surface area contributed by atoms with Gasteiger partial charge in [-0.25, -0.2) is 5.43 Å². The molecule has 3 rings (SSSR count). The Morgan fingerprint density at radius 1 is 1.19 bits per heavy atom. The molecule has 0 fully saturated rings. The van der Waals surface area contributed by atoms with Gasteiger partial charge in [-0.15, -0.1) is 0 Å². The van der Waals surface area contributed by atoms with E-state index in [1.165, 1.54) is 13.3 Å². The van der Waals surface area contributed by atoms with Gasteiger partial charge in [-0.1, -0.05) is 36.4 Å². The van der Waals surface area contributed by atoms with Crippen molar-refractivity contribution in [2.45, 2.75) is 6.92 Å². The number of nitrogens with one attached hydrogen (secondary N) is 1. The van der Waals surface area contributed by atoms with Gasteiger partial charge in [-0.2, -0.15) is 5.10 Å². The summed E-state index contributed by atoms with van der Waals surface area (Å²) in [7, 11) is 1.47. The fraction of sp³-hybridized carbons (Fsp3) is 0.100. The van der Waals surface area contributed by atoms with E-state index in [-0.39, 0.29) is 11.7 Å². The van der Waals surface area contributed by atoms with E-state index >= 15 is 0 Å². The average Bonchev–Trinajstić information content (AvgIpc) is 2.65. The molecule has 0 bridgehead atoms. The number of phenolic OH excluding ortho intramolecular Hbond substituents is 1. The molecule has 0 saturated heterocycles. The van der Waals surface area contributed by atoms with Gasteiger partial charge < -0.3 is 9.84 Å². The number of amides is 1. The van der Waals surface area contributed by atoms with Gasteiger partial charge in [0, 0.05) is 5.56 Å². The van der Waals surface area contributed by atoms with Gasteiger partial charge in [0.2, 0.25) is 0 Å². The van der Waals surface area contributed by atoms with Crippen molar-refractivity contribution in [2.24, 2.45) is 5.10 Å². The van der Waals surface area contributed by atoms with Crippen LogP contribution in [0.2, 0.25) is 0 Å². The van der Waals surface area contributed by atoms with Crippen molar-refractivity contribution in [1.29, 1.82) is 0 Å². The number of hydrogen-bond acceptors (Lipinski definition) is 4. The molecular weight excluding hydrogens is 396 g/mol. The molecular formula is C20H17BrN2O3. The summed E-state index contributed by atoms with van der Waals surface area (Å²) < 4.78 is 5.48. The lowest BCUT2D eigenvalue weighted by Gasteiger charge is -2.09. The number of nitrogens with zero attached hydrogens (tertiary/aromatic N) is 1. The number of aryl methyl sites for hydroxylation is 1. The number of fused-ring (bicyclic) bond motifs is 1. The number of benzene rings is 3. The number of hydrogen-bond donors (Lipinski definition) is 2.